The summed E-state index contributed by atoms with van der Waals surface area (Å²) in [6.45, 7) is 7.14. The monoisotopic (exact) mass is 290 g/mol. The molecule has 1 N–H and O–H groups in total. The molecule has 0 aliphatic carbocycles. The van der Waals surface area contributed by atoms with E-state index >= 15 is 0 Å². The van der Waals surface area contributed by atoms with Gasteiger partial charge >= 0.3 is 0 Å². The van der Waals surface area contributed by atoms with Crippen molar-refractivity contribution in [3.63, 3.8) is 0 Å². The molecule has 3 unspecified atom stereocenters. The van der Waals surface area contributed by atoms with Crippen molar-refractivity contribution in [1.29, 1.82) is 0 Å². The number of ether oxygens (including phenoxy) is 1. The van der Waals surface area contributed by atoms with Gasteiger partial charge in [0.1, 0.15) is 5.75 Å². The van der Waals surface area contributed by atoms with Gasteiger partial charge in [-0.3, -0.25) is 4.90 Å². The highest BCUT2D eigenvalue weighted by Gasteiger charge is 2.27. The summed E-state index contributed by atoms with van der Waals surface area (Å²) >= 11 is 0. The van der Waals surface area contributed by atoms with Crippen molar-refractivity contribution >= 4 is 0 Å². The molecule has 1 aliphatic rings. The SMILES string of the molecule is CCC1CCCN(C(C)C(NC)c2ccc(OC)cc2)C1. The predicted octanol–water partition coefficient (Wildman–Crippen LogP) is 3.47. The van der Waals surface area contributed by atoms with Crippen LogP contribution in [0.2, 0.25) is 0 Å². The van der Waals surface area contributed by atoms with Crippen LogP contribution in [0.3, 0.4) is 0 Å². The number of hydrogen-bond acceptors (Lipinski definition) is 3. The van der Waals surface area contributed by atoms with Gasteiger partial charge in [-0.2, -0.15) is 0 Å². The fraction of sp³-hybridized carbons (Fsp3) is 0.667. The lowest BCUT2D eigenvalue weighted by atomic mass is 9.92. The summed E-state index contributed by atoms with van der Waals surface area (Å²) in [6, 6.07) is 9.34. The molecule has 3 atom stereocenters. The Bertz CT molecular complexity index is 418. The highest BCUT2D eigenvalue weighted by atomic mass is 16.5. The molecule has 0 radical (unpaired) electrons. The molecule has 0 bridgehead atoms. The second kappa shape index (κ2) is 7.81. The van der Waals surface area contributed by atoms with Gasteiger partial charge in [0.05, 0.1) is 7.11 Å². The van der Waals surface area contributed by atoms with Gasteiger partial charge in [0.25, 0.3) is 0 Å². The van der Waals surface area contributed by atoms with Crippen LogP contribution in [0, 0.1) is 5.92 Å². The molecule has 0 amide bonds. The molecule has 21 heavy (non-hydrogen) atoms. The molecular formula is C18H30N2O. The minimum atomic E-state index is 0.367. The van der Waals surface area contributed by atoms with E-state index in [-0.39, 0.29) is 0 Å². The van der Waals surface area contributed by atoms with Crippen LogP contribution in [0.5, 0.6) is 5.75 Å². The Morgan fingerprint density at radius 1 is 1.33 bits per heavy atom. The third-order valence-electron chi connectivity index (χ3n) is 4.97. The maximum Gasteiger partial charge on any atom is 0.118 e. The number of nitrogens with zero attached hydrogens (tertiary/aromatic N) is 1. The zero-order chi connectivity index (χ0) is 15.2. The lowest BCUT2D eigenvalue weighted by molar-refractivity contribution is 0.108. The van der Waals surface area contributed by atoms with E-state index in [9.17, 15) is 0 Å². The Balaban J connectivity index is 2.07. The van der Waals surface area contributed by atoms with Gasteiger partial charge in [-0.15, -0.1) is 0 Å². The Morgan fingerprint density at radius 3 is 2.62 bits per heavy atom. The second-order valence-electron chi connectivity index (χ2n) is 6.19. The number of rotatable bonds is 6. The molecule has 118 valence electrons. The number of piperidine rings is 1. The van der Waals surface area contributed by atoms with E-state index in [1.807, 2.05) is 0 Å². The molecule has 1 fully saturated rings. The van der Waals surface area contributed by atoms with Crippen molar-refractivity contribution < 1.29 is 4.74 Å². The standard InChI is InChI=1S/C18H30N2O/c1-5-15-7-6-12-20(13-15)14(2)18(19-3)16-8-10-17(21-4)11-9-16/h8-11,14-15,18-19H,5-7,12-13H2,1-4H3. The number of benzene rings is 1. The van der Waals surface area contributed by atoms with Crippen LogP contribution in [-0.4, -0.2) is 38.2 Å². The first-order chi connectivity index (χ1) is 10.2. The van der Waals surface area contributed by atoms with E-state index in [1.54, 1.807) is 7.11 Å². The Morgan fingerprint density at radius 2 is 2.05 bits per heavy atom. The first kappa shape index (κ1) is 16.3. The van der Waals surface area contributed by atoms with Gasteiger partial charge in [-0.25, -0.2) is 0 Å². The molecule has 2 rings (SSSR count). The fourth-order valence-electron chi connectivity index (χ4n) is 3.51. The molecule has 1 aromatic rings. The third kappa shape index (κ3) is 3.98. The van der Waals surface area contributed by atoms with Gasteiger partial charge < -0.3 is 10.1 Å². The largest absolute Gasteiger partial charge is 0.497 e. The van der Waals surface area contributed by atoms with Crippen LogP contribution in [-0.2, 0) is 0 Å². The maximum absolute atomic E-state index is 5.26. The predicted molar refractivity (Wildman–Crippen MR) is 88.8 cm³/mol. The Kier molecular flexibility index (Phi) is 6.07. The van der Waals surface area contributed by atoms with Crippen LogP contribution < -0.4 is 10.1 Å². The van der Waals surface area contributed by atoms with E-state index in [2.05, 4.69) is 55.4 Å². The first-order valence-electron chi connectivity index (χ1n) is 8.24. The van der Waals surface area contributed by atoms with Gasteiger partial charge in [-0.1, -0.05) is 25.5 Å². The molecule has 3 heteroatoms. The minimum absolute atomic E-state index is 0.367. The fourth-order valence-corrected chi connectivity index (χ4v) is 3.51. The maximum atomic E-state index is 5.26. The lowest BCUT2D eigenvalue weighted by Crippen LogP contribution is -2.46. The normalized spacial score (nSPS) is 22.8. The van der Waals surface area contributed by atoms with Crippen LogP contribution in [0.4, 0.5) is 0 Å². The number of likely N-dealkylation sites (tertiary alicyclic amines) is 1. The highest BCUT2D eigenvalue weighted by Crippen LogP contribution is 2.27. The molecule has 1 aliphatic heterocycles. The van der Waals surface area contributed by atoms with Gasteiger partial charge in [0, 0.05) is 18.6 Å². The molecule has 0 spiro atoms. The summed E-state index contributed by atoms with van der Waals surface area (Å²) in [5.74, 6) is 1.79. The summed E-state index contributed by atoms with van der Waals surface area (Å²) in [6.07, 6.45) is 4.03. The molecule has 1 heterocycles. The summed E-state index contributed by atoms with van der Waals surface area (Å²) in [7, 11) is 3.78. The molecule has 3 nitrogen and oxygen atoms in total. The molecule has 1 saturated heterocycles. The Hall–Kier alpha value is -1.06. The first-order valence-corrected chi connectivity index (χ1v) is 8.24. The lowest BCUT2D eigenvalue weighted by Gasteiger charge is -2.40. The average Bonchev–Trinajstić information content (AvgIpc) is 2.56. The van der Waals surface area contributed by atoms with Crippen LogP contribution >= 0.6 is 0 Å². The summed E-state index contributed by atoms with van der Waals surface area (Å²) in [5, 5.41) is 3.50. The van der Waals surface area contributed by atoms with Crippen molar-refractivity contribution in [3.05, 3.63) is 29.8 Å². The molecule has 0 saturated carbocycles. The second-order valence-corrected chi connectivity index (χ2v) is 6.19. The van der Waals surface area contributed by atoms with E-state index in [0.29, 0.717) is 12.1 Å². The molecular weight excluding hydrogens is 260 g/mol. The number of likely N-dealkylation sites (N-methyl/N-ethyl adjacent to an activating group) is 1. The third-order valence-corrected chi connectivity index (χ3v) is 4.97. The van der Waals surface area contributed by atoms with Gasteiger partial charge in [0.2, 0.25) is 0 Å². The number of methoxy groups -OCH3 is 1. The van der Waals surface area contributed by atoms with Crippen LogP contribution in [0.15, 0.2) is 24.3 Å². The van der Waals surface area contributed by atoms with Crippen LogP contribution in [0.25, 0.3) is 0 Å². The topological polar surface area (TPSA) is 24.5 Å². The zero-order valence-electron chi connectivity index (χ0n) is 13.9. The number of nitrogens with one attached hydrogen (secondary N) is 1. The molecule has 0 aromatic heterocycles. The van der Waals surface area contributed by atoms with Crippen molar-refractivity contribution in [3.8, 4) is 5.75 Å². The summed E-state index contributed by atoms with van der Waals surface area (Å²) in [5.41, 5.74) is 1.34. The smallest absolute Gasteiger partial charge is 0.118 e. The minimum Gasteiger partial charge on any atom is -0.497 e. The average molecular weight is 290 g/mol. The molecule has 1 aromatic carbocycles. The number of hydrogen-bond donors (Lipinski definition) is 1. The zero-order valence-corrected chi connectivity index (χ0v) is 13.9. The van der Waals surface area contributed by atoms with E-state index in [1.165, 1.54) is 37.9 Å². The van der Waals surface area contributed by atoms with E-state index in [0.717, 1.165) is 11.7 Å². The Labute approximate surface area is 129 Å². The van der Waals surface area contributed by atoms with Crippen molar-refractivity contribution in [2.24, 2.45) is 5.92 Å². The summed E-state index contributed by atoms with van der Waals surface area (Å²) in [4.78, 5) is 2.66. The highest BCUT2D eigenvalue weighted by molar-refractivity contribution is 5.29. The van der Waals surface area contributed by atoms with E-state index in [4.69, 9.17) is 4.74 Å². The van der Waals surface area contributed by atoms with Crippen molar-refractivity contribution in [1.82, 2.24) is 10.2 Å². The van der Waals surface area contributed by atoms with Gasteiger partial charge in [0.15, 0.2) is 0 Å². The van der Waals surface area contributed by atoms with Crippen molar-refractivity contribution in [2.45, 2.75) is 45.2 Å². The van der Waals surface area contributed by atoms with Crippen LogP contribution in [0.1, 0.15) is 44.7 Å². The van der Waals surface area contributed by atoms with Gasteiger partial charge in [-0.05, 0) is 57.0 Å². The summed E-state index contributed by atoms with van der Waals surface area (Å²) < 4.78 is 5.26. The van der Waals surface area contributed by atoms with E-state index < -0.39 is 0 Å². The quantitative estimate of drug-likeness (QED) is 0.868. The van der Waals surface area contributed by atoms with Crippen molar-refractivity contribution in [2.75, 3.05) is 27.2 Å².